The minimum atomic E-state index is -0.0400. The molecular formula is C11H17N3O2. The third-order valence-corrected chi connectivity index (χ3v) is 2.75. The van der Waals surface area contributed by atoms with Crippen LogP contribution in [-0.4, -0.2) is 23.7 Å². The minimum absolute atomic E-state index is 0.0400. The number of hydrogen-bond acceptors (Lipinski definition) is 4. The van der Waals surface area contributed by atoms with Crippen molar-refractivity contribution in [3.05, 3.63) is 17.5 Å². The Morgan fingerprint density at radius 3 is 3.19 bits per heavy atom. The van der Waals surface area contributed by atoms with E-state index in [2.05, 4.69) is 15.8 Å². The summed E-state index contributed by atoms with van der Waals surface area (Å²) in [6.45, 7) is 3.20. The number of aromatic nitrogens is 1. The summed E-state index contributed by atoms with van der Waals surface area (Å²) in [7, 11) is 0. The van der Waals surface area contributed by atoms with Crippen molar-refractivity contribution in [1.82, 2.24) is 15.8 Å². The molecule has 0 radical (unpaired) electrons. The molecule has 1 aromatic heterocycles. The molecule has 1 fully saturated rings. The largest absolute Gasteiger partial charge is 0.361 e. The van der Waals surface area contributed by atoms with Crippen LogP contribution >= 0.6 is 0 Å². The third kappa shape index (κ3) is 2.82. The molecule has 1 aliphatic rings. The monoisotopic (exact) mass is 223 g/mol. The number of aryl methyl sites for hydroxylation is 1. The van der Waals surface area contributed by atoms with Gasteiger partial charge in [0.15, 0.2) is 0 Å². The maximum Gasteiger partial charge on any atom is 0.237 e. The van der Waals surface area contributed by atoms with Gasteiger partial charge in [0.25, 0.3) is 0 Å². The summed E-state index contributed by atoms with van der Waals surface area (Å²) in [5, 5.41) is 9.89. The molecule has 1 saturated heterocycles. The van der Waals surface area contributed by atoms with E-state index in [1.807, 2.05) is 13.0 Å². The van der Waals surface area contributed by atoms with Gasteiger partial charge in [-0.2, -0.15) is 0 Å². The Kier molecular flexibility index (Phi) is 3.56. The number of nitrogens with zero attached hydrogens (tertiary/aromatic N) is 1. The van der Waals surface area contributed by atoms with Gasteiger partial charge in [-0.3, -0.25) is 4.79 Å². The molecule has 88 valence electrons. The van der Waals surface area contributed by atoms with Gasteiger partial charge in [-0.05, 0) is 26.3 Å². The summed E-state index contributed by atoms with van der Waals surface area (Å²) < 4.78 is 4.93. The van der Waals surface area contributed by atoms with E-state index in [0.717, 1.165) is 37.3 Å². The Labute approximate surface area is 94.6 Å². The first-order valence-corrected chi connectivity index (χ1v) is 5.69. The average molecular weight is 223 g/mol. The van der Waals surface area contributed by atoms with Gasteiger partial charge in [0.05, 0.1) is 12.6 Å². The van der Waals surface area contributed by atoms with Crippen molar-refractivity contribution in [2.24, 2.45) is 0 Å². The van der Waals surface area contributed by atoms with Crippen LogP contribution in [0.3, 0.4) is 0 Å². The quantitative estimate of drug-likeness (QED) is 0.793. The Morgan fingerprint density at radius 1 is 1.69 bits per heavy atom. The van der Waals surface area contributed by atoms with Crippen LogP contribution in [0.25, 0.3) is 0 Å². The summed E-state index contributed by atoms with van der Waals surface area (Å²) in [5.41, 5.74) is 0.765. The topological polar surface area (TPSA) is 67.2 Å². The molecule has 1 aromatic rings. The predicted octanol–water partition coefficient (Wildman–Crippen LogP) is 0.741. The molecule has 0 spiro atoms. The first-order valence-electron chi connectivity index (χ1n) is 5.69. The second-order valence-corrected chi connectivity index (χ2v) is 4.15. The highest BCUT2D eigenvalue weighted by Gasteiger charge is 2.20. The van der Waals surface area contributed by atoms with Crippen LogP contribution in [0.15, 0.2) is 10.6 Å². The second kappa shape index (κ2) is 5.12. The number of hydrogen-bond donors (Lipinski definition) is 2. The number of nitrogens with one attached hydrogen (secondary N) is 2. The Hall–Kier alpha value is -1.36. The van der Waals surface area contributed by atoms with Gasteiger partial charge in [-0.15, -0.1) is 0 Å². The molecule has 2 heterocycles. The van der Waals surface area contributed by atoms with Crippen LogP contribution in [0.5, 0.6) is 0 Å². The van der Waals surface area contributed by atoms with E-state index in [4.69, 9.17) is 4.52 Å². The van der Waals surface area contributed by atoms with E-state index in [0.29, 0.717) is 6.54 Å². The fourth-order valence-corrected chi connectivity index (χ4v) is 1.88. The maximum atomic E-state index is 11.7. The van der Waals surface area contributed by atoms with E-state index in [1.54, 1.807) is 0 Å². The first-order chi connectivity index (χ1) is 7.75. The summed E-state index contributed by atoms with van der Waals surface area (Å²) in [4.78, 5) is 11.7. The zero-order chi connectivity index (χ0) is 11.4. The molecule has 0 bridgehead atoms. The molecule has 16 heavy (non-hydrogen) atoms. The van der Waals surface area contributed by atoms with Crippen LogP contribution in [0.1, 0.15) is 30.7 Å². The number of piperidine rings is 1. The van der Waals surface area contributed by atoms with Crippen LogP contribution < -0.4 is 10.6 Å². The summed E-state index contributed by atoms with van der Waals surface area (Å²) in [6.07, 6.45) is 3.20. The van der Waals surface area contributed by atoms with Gasteiger partial charge in [-0.25, -0.2) is 0 Å². The molecule has 1 unspecified atom stereocenters. The summed E-state index contributed by atoms with van der Waals surface area (Å²) in [6, 6.07) is 1.79. The molecule has 1 atom stereocenters. The zero-order valence-electron chi connectivity index (χ0n) is 9.45. The van der Waals surface area contributed by atoms with Crippen LogP contribution in [0.4, 0.5) is 0 Å². The molecule has 5 heteroatoms. The van der Waals surface area contributed by atoms with E-state index in [-0.39, 0.29) is 11.9 Å². The van der Waals surface area contributed by atoms with Gasteiger partial charge in [-0.1, -0.05) is 11.6 Å². The SMILES string of the molecule is Cc1cc(CNC(=O)C2CCCCN2)no1. The lowest BCUT2D eigenvalue weighted by molar-refractivity contribution is -0.123. The lowest BCUT2D eigenvalue weighted by atomic mass is 10.0. The van der Waals surface area contributed by atoms with Crippen molar-refractivity contribution in [3.8, 4) is 0 Å². The van der Waals surface area contributed by atoms with Crippen LogP contribution in [0, 0.1) is 6.92 Å². The number of carbonyl (C=O) groups excluding carboxylic acids is 1. The standard InChI is InChI=1S/C11H17N3O2/c1-8-6-9(14-16-8)7-13-11(15)10-4-2-3-5-12-10/h6,10,12H,2-5,7H2,1H3,(H,13,15). The Balaban J connectivity index is 1.78. The minimum Gasteiger partial charge on any atom is -0.361 e. The molecule has 0 saturated carbocycles. The Morgan fingerprint density at radius 2 is 2.56 bits per heavy atom. The van der Waals surface area contributed by atoms with Crippen molar-refractivity contribution in [2.45, 2.75) is 38.8 Å². The molecule has 1 aliphatic heterocycles. The third-order valence-electron chi connectivity index (χ3n) is 2.75. The smallest absolute Gasteiger partial charge is 0.237 e. The number of amides is 1. The average Bonchev–Trinajstić information content (AvgIpc) is 2.73. The fourth-order valence-electron chi connectivity index (χ4n) is 1.88. The number of carbonyl (C=O) groups is 1. The van der Waals surface area contributed by atoms with Crippen molar-refractivity contribution in [3.63, 3.8) is 0 Å². The molecule has 1 amide bonds. The predicted molar refractivity (Wildman–Crippen MR) is 58.7 cm³/mol. The van der Waals surface area contributed by atoms with Crippen LogP contribution in [-0.2, 0) is 11.3 Å². The van der Waals surface area contributed by atoms with Gasteiger partial charge in [0, 0.05) is 6.07 Å². The lowest BCUT2D eigenvalue weighted by Crippen LogP contribution is -2.46. The zero-order valence-corrected chi connectivity index (χ0v) is 9.45. The van der Waals surface area contributed by atoms with Crippen molar-refractivity contribution in [1.29, 1.82) is 0 Å². The molecule has 0 aliphatic carbocycles. The van der Waals surface area contributed by atoms with E-state index in [1.165, 1.54) is 0 Å². The van der Waals surface area contributed by atoms with Crippen molar-refractivity contribution >= 4 is 5.91 Å². The fraction of sp³-hybridized carbons (Fsp3) is 0.636. The highest BCUT2D eigenvalue weighted by Crippen LogP contribution is 2.07. The van der Waals surface area contributed by atoms with Crippen molar-refractivity contribution in [2.75, 3.05) is 6.54 Å². The van der Waals surface area contributed by atoms with Crippen LogP contribution in [0.2, 0.25) is 0 Å². The summed E-state index contributed by atoms with van der Waals surface area (Å²) >= 11 is 0. The molecule has 5 nitrogen and oxygen atoms in total. The van der Waals surface area contributed by atoms with Gasteiger partial charge < -0.3 is 15.2 Å². The second-order valence-electron chi connectivity index (χ2n) is 4.15. The molecular weight excluding hydrogens is 206 g/mol. The van der Waals surface area contributed by atoms with E-state index >= 15 is 0 Å². The highest BCUT2D eigenvalue weighted by atomic mass is 16.5. The maximum absolute atomic E-state index is 11.7. The highest BCUT2D eigenvalue weighted by molar-refractivity contribution is 5.81. The molecule has 0 aromatic carbocycles. The molecule has 2 N–H and O–H groups in total. The van der Waals surface area contributed by atoms with E-state index in [9.17, 15) is 4.79 Å². The van der Waals surface area contributed by atoms with Gasteiger partial charge in [0.1, 0.15) is 11.5 Å². The van der Waals surface area contributed by atoms with E-state index < -0.39 is 0 Å². The Bertz CT molecular complexity index is 356. The normalized spacial score (nSPS) is 20.7. The summed E-state index contributed by atoms with van der Waals surface area (Å²) in [5.74, 6) is 0.820. The van der Waals surface area contributed by atoms with Gasteiger partial charge in [0.2, 0.25) is 5.91 Å². The molecule has 2 rings (SSSR count). The number of rotatable bonds is 3. The van der Waals surface area contributed by atoms with Crippen molar-refractivity contribution < 1.29 is 9.32 Å². The lowest BCUT2D eigenvalue weighted by Gasteiger charge is -2.22. The van der Waals surface area contributed by atoms with Gasteiger partial charge >= 0.3 is 0 Å². The first kappa shape index (κ1) is 11.1.